The van der Waals surface area contributed by atoms with Crippen molar-refractivity contribution in [1.82, 2.24) is 10.2 Å². The highest BCUT2D eigenvalue weighted by Gasteiger charge is 2.47. The fourth-order valence-corrected chi connectivity index (χ4v) is 7.70. The zero-order valence-electron chi connectivity index (χ0n) is 34.7. The smallest absolute Gasteiger partial charge is 0.307 e. The van der Waals surface area contributed by atoms with Gasteiger partial charge in [0.2, 0.25) is 11.8 Å². The first kappa shape index (κ1) is 45.1. The lowest BCUT2D eigenvalue weighted by Gasteiger charge is -2.42. The molecule has 1 unspecified atom stereocenters. The summed E-state index contributed by atoms with van der Waals surface area (Å²) in [6.45, 7) is 11.5. The minimum absolute atomic E-state index is 0.0585. The predicted molar refractivity (Wildman–Crippen MR) is 226 cm³/mol. The Balaban J connectivity index is 1.83. The summed E-state index contributed by atoms with van der Waals surface area (Å²) < 4.78 is 0. The number of carbonyl (C=O) groups excluding carboxylic acids is 3. The molecule has 0 heterocycles. The number of carboxylic acids is 1. The number of nitrogens with zero attached hydrogens (tertiary/aromatic N) is 1. The maximum absolute atomic E-state index is 15.0. The van der Waals surface area contributed by atoms with E-state index < -0.39 is 71.3 Å². The second kappa shape index (κ2) is 19.7. The van der Waals surface area contributed by atoms with Crippen LogP contribution in [0.25, 0.3) is 21.5 Å². The van der Waals surface area contributed by atoms with Gasteiger partial charge in [-0.3, -0.25) is 24.1 Å². The van der Waals surface area contributed by atoms with Gasteiger partial charge in [0.15, 0.2) is 0 Å². The van der Waals surface area contributed by atoms with Gasteiger partial charge in [0.05, 0.1) is 24.2 Å². The third-order valence-corrected chi connectivity index (χ3v) is 11.5. The first-order valence-corrected chi connectivity index (χ1v) is 20.3. The Kier molecular flexibility index (Phi) is 15.6. The van der Waals surface area contributed by atoms with Gasteiger partial charge in [-0.05, 0) is 83.5 Å². The molecule has 0 bridgehead atoms. The van der Waals surface area contributed by atoms with E-state index in [1.54, 1.807) is 20.8 Å². The fourth-order valence-electron chi connectivity index (χ4n) is 7.70. The number of imide groups is 1. The van der Waals surface area contributed by atoms with Crippen LogP contribution in [-0.2, 0) is 32.0 Å². The number of hydrogen-bond donors (Lipinski definition) is 5. The average molecular weight is 782 g/mol. The van der Waals surface area contributed by atoms with Gasteiger partial charge in [-0.1, -0.05) is 132 Å². The number of fused-ring (bicyclic) bond motifs is 2. The minimum atomic E-state index is -1.92. The van der Waals surface area contributed by atoms with Crippen LogP contribution in [0.2, 0.25) is 0 Å². The van der Waals surface area contributed by atoms with Gasteiger partial charge < -0.3 is 26.4 Å². The number of carbonyl (C=O) groups is 4. The van der Waals surface area contributed by atoms with Gasteiger partial charge in [-0.2, -0.15) is 0 Å². The Morgan fingerprint density at radius 2 is 1.28 bits per heavy atom. The van der Waals surface area contributed by atoms with Crippen molar-refractivity contribution in [3.63, 3.8) is 0 Å². The molecule has 0 saturated heterocycles. The molecular formula is C47H63N3O7. The largest absolute Gasteiger partial charge is 0.481 e. The molecule has 3 amide bonds. The standard InChI is InChI=1S/C47H63N3O7/c1-30(2)16-8-13-25-42(52)50(41(29-51)47(7,57)31(3)48)44(54)40(28-39(45(55)56)46(4,5)6)49-43(53)36(26-34-21-14-19-32-17-9-11-23-37(32)34)27-35-22-15-20-33-18-10-12-24-38(33)35/h9-12,14-15,17-24,30-31,36,39-41,51,57H,8,13,16,25-29,48H2,1-7H3,(H,49,53)(H,55,56)/t31-,39?,40-,41+,47-/m0/s1. The third-order valence-electron chi connectivity index (χ3n) is 11.5. The van der Waals surface area contributed by atoms with Crippen molar-refractivity contribution in [3.8, 4) is 0 Å². The van der Waals surface area contributed by atoms with Crippen molar-refractivity contribution in [2.24, 2.45) is 28.9 Å². The van der Waals surface area contributed by atoms with Crippen LogP contribution >= 0.6 is 0 Å². The van der Waals surface area contributed by atoms with Gasteiger partial charge in [-0.15, -0.1) is 0 Å². The quantitative estimate of drug-likeness (QED) is 0.0631. The SMILES string of the molecule is CC(C)CCCCC(=O)N(C(=O)[C@H](CC(C(=O)O)C(C)(C)C)NC(=O)C(Cc1cccc2ccccc12)Cc1cccc2ccccc12)[C@H](CO)[C@@](C)(O)[C@H](C)N. The molecule has 308 valence electrons. The van der Waals surface area contributed by atoms with E-state index in [4.69, 9.17) is 5.73 Å². The summed E-state index contributed by atoms with van der Waals surface area (Å²) in [4.78, 5) is 57.8. The van der Waals surface area contributed by atoms with Crippen LogP contribution in [0.1, 0.15) is 91.7 Å². The molecule has 57 heavy (non-hydrogen) atoms. The summed E-state index contributed by atoms with van der Waals surface area (Å²) in [6.07, 6.45) is 2.24. The molecule has 4 aromatic carbocycles. The van der Waals surface area contributed by atoms with E-state index in [0.29, 0.717) is 31.6 Å². The number of hydrogen-bond acceptors (Lipinski definition) is 7. The molecule has 0 aliphatic carbocycles. The number of unbranched alkanes of at least 4 members (excludes halogenated alkanes) is 1. The van der Waals surface area contributed by atoms with Crippen LogP contribution < -0.4 is 11.1 Å². The highest BCUT2D eigenvalue weighted by atomic mass is 16.4. The molecule has 0 radical (unpaired) electrons. The van der Waals surface area contributed by atoms with E-state index in [0.717, 1.165) is 44.0 Å². The second-order valence-electron chi connectivity index (χ2n) is 17.4. The van der Waals surface area contributed by atoms with Gasteiger partial charge >= 0.3 is 5.97 Å². The number of nitrogens with two attached hydrogens (primary N) is 1. The average Bonchev–Trinajstić information content (AvgIpc) is 3.15. The Morgan fingerprint density at radius 3 is 1.74 bits per heavy atom. The molecule has 10 nitrogen and oxygen atoms in total. The Bertz CT molecular complexity index is 1910. The van der Waals surface area contributed by atoms with E-state index in [2.05, 4.69) is 19.2 Å². The summed E-state index contributed by atoms with van der Waals surface area (Å²) in [5.41, 5.74) is 5.27. The first-order valence-electron chi connectivity index (χ1n) is 20.3. The summed E-state index contributed by atoms with van der Waals surface area (Å²) in [5.74, 6) is -4.64. The number of rotatable bonds is 19. The van der Waals surface area contributed by atoms with Crippen LogP contribution in [0.3, 0.4) is 0 Å². The van der Waals surface area contributed by atoms with Gasteiger partial charge in [-0.25, -0.2) is 0 Å². The molecule has 0 aliphatic heterocycles. The lowest BCUT2D eigenvalue weighted by Crippen LogP contribution is -2.66. The molecule has 5 atom stereocenters. The van der Waals surface area contributed by atoms with Crippen LogP contribution in [0.5, 0.6) is 0 Å². The molecule has 4 rings (SSSR count). The van der Waals surface area contributed by atoms with Gasteiger partial charge in [0, 0.05) is 18.4 Å². The van der Waals surface area contributed by atoms with E-state index in [1.165, 1.54) is 13.8 Å². The molecule has 4 aromatic rings. The van der Waals surface area contributed by atoms with Crippen molar-refractivity contribution >= 4 is 45.2 Å². The first-order chi connectivity index (χ1) is 26.9. The third kappa shape index (κ3) is 11.5. The molecule has 0 saturated carbocycles. The van der Waals surface area contributed by atoms with E-state index in [9.17, 15) is 29.7 Å². The summed E-state index contributed by atoms with van der Waals surface area (Å²) in [5, 5.41) is 39.8. The van der Waals surface area contributed by atoms with Crippen molar-refractivity contribution in [2.75, 3.05) is 6.61 Å². The topological polar surface area (TPSA) is 170 Å². The van der Waals surface area contributed by atoms with E-state index in [1.807, 2.05) is 84.9 Å². The van der Waals surface area contributed by atoms with Crippen molar-refractivity contribution in [3.05, 3.63) is 96.1 Å². The van der Waals surface area contributed by atoms with Crippen LogP contribution in [0.15, 0.2) is 84.9 Å². The maximum Gasteiger partial charge on any atom is 0.307 e. The van der Waals surface area contributed by atoms with Gasteiger partial charge in [0.25, 0.3) is 5.91 Å². The van der Waals surface area contributed by atoms with Crippen molar-refractivity contribution in [1.29, 1.82) is 0 Å². The summed E-state index contributed by atoms with van der Waals surface area (Å²) in [7, 11) is 0. The maximum atomic E-state index is 15.0. The molecular weight excluding hydrogens is 719 g/mol. The molecule has 6 N–H and O–H groups in total. The Hall–Kier alpha value is -4.64. The Morgan fingerprint density at radius 1 is 0.772 bits per heavy atom. The van der Waals surface area contributed by atoms with Crippen molar-refractivity contribution in [2.45, 2.75) is 117 Å². The number of aliphatic hydroxyl groups is 2. The number of aliphatic carboxylic acids is 1. The zero-order chi connectivity index (χ0) is 42.1. The monoisotopic (exact) mass is 781 g/mol. The van der Waals surface area contributed by atoms with Crippen LogP contribution in [0.4, 0.5) is 0 Å². The number of amides is 3. The highest BCUT2D eigenvalue weighted by Crippen LogP contribution is 2.33. The van der Waals surface area contributed by atoms with Crippen molar-refractivity contribution < 1.29 is 34.5 Å². The van der Waals surface area contributed by atoms with Crippen LogP contribution in [-0.4, -0.2) is 74.2 Å². The molecule has 10 heteroatoms. The second-order valence-corrected chi connectivity index (χ2v) is 17.4. The number of benzene rings is 4. The summed E-state index contributed by atoms with van der Waals surface area (Å²) >= 11 is 0. The molecule has 0 aromatic heterocycles. The van der Waals surface area contributed by atoms with Gasteiger partial charge in [0.1, 0.15) is 6.04 Å². The lowest BCUT2D eigenvalue weighted by atomic mass is 9.76. The molecule has 0 aliphatic rings. The lowest BCUT2D eigenvalue weighted by molar-refractivity contribution is -0.161. The van der Waals surface area contributed by atoms with E-state index >= 15 is 4.79 Å². The molecule has 0 fully saturated rings. The fraction of sp³-hybridized carbons (Fsp3) is 0.489. The van der Waals surface area contributed by atoms with E-state index in [-0.39, 0.29) is 12.8 Å². The van der Waals surface area contributed by atoms with Crippen LogP contribution in [0, 0.1) is 23.2 Å². The zero-order valence-corrected chi connectivity index (χ0v) is 34.7. The minimum Gasteiger partial charge on any atom is -0.481 e. The number of aliphatic hydroxyl groups excluding tert-OH is 1. The highest BCUT2D eigenvalue weighted by molar-refractivity contribution is 6.00. The molecule has 0 spiro atoms. The number of nitrogens with one attached hydrogen (secondary N) is 1. The number of carboxylic acid groups (broad SMARTS) is 1. The predicted octanol–water partition coefficient (Wildman–Crippen LogP) is 7.05. The Labute approximate surface area is 337 Å². The normalized spacial score (nSPS) is 15.2. The summed E-state index contributed by atoms with van der Waals surface area (Å²) in [6, 6.07) is 23.8.